The summed E-state index contributed by atoms with van der Waals surface area (Å²) in [4.78, 5) is 11.3. The molecule has 0 unspecified atom stereocenters. The summed E-state index contributed by atoms with van der Waals surface area (Å²) in [5.41, 5.74) is 0.474. The summed E-state index contributed by atoms with van der Waals surface area (Å²) in [5.74, 6) is -0.295. The predicted molar refractivity (Wildman–Crippen MR) is 55.0 cm³/mol. The van der Waals surface area contributed by atoms with Crippen LogP contribution in [0.4, 0.5) is 0 Å². The number of aromatic nitrogens is 1. The normalized spacial score (nSPS) is 9.60. The summed E-state index contributed by atoms with van der Waals surface area (Å²) >= 11 is 0. The molecule has 80 valence electrons. The molecule has 1 heterocycles. The maximum absolute atomic E-state index is 11.3. The Hall–Kier alpha value is -1.76. The molecule has 0 bridgehead atoms. The van der Waals surface area contributed by atoms with Crippen LogP contribution in [0.5, 0.6) is 0 Å². The minimum absolute atomic E-state index is 0.111. The van der Waals surface area contributed by atoms with Crippen molar-refractivity contribution < 1.29 is 9.53 Å². The molecule has 0 spiro atoms. The van der Waals surface area contributed by atoms with Crippen molar-refractivity contribution in [3.8, 4) is 6.07 Å². The van der Waals surface area contributed by atoms with Crippen LogP contribution in [0.1, 0.15) is 25.5 Å². The number of rotatable bonds is 5. The predicted octanol–water partition coefficient (Wildman–Crippen LogP) is 1.70. The van der Waals surface area contributed by atoms with Crippen LogP contribution in [0.3, 0.4) is 0 Å². The fourth-order valence-electron chi connectivity index (χ4n) is 1.17. The molecule has 4 heteroatoms. The topological polar surface area (TPSA) is 55.0 Å². The van der Waals surface area contributed by atoms with Gasteiger partial charge < -0.3 is 9.30 Å². The molecule has 0 radical (unpaired) electrons. The van der Waals surface area contributed by atoms with E-state index in [-0.39, 0.29) is 12.5 Å². The van der Waals surface area contributed by atoms with E-state index in [1.54, 1.807) is 22.9 Å². The Morgan fingerprint density at radius 3 is 3.13 bits per heavy atom. The molecule has 0 aliphatic heterocycles. The molecule has 0 amide bonds. The van der Waals surface area contributed by atoms with Crippen LogP contribution in [-0.2, 0) is 16.1 Å². The van der Waals surface area contributed by atoms with E-state index >= 15 is 0 Å². The lowest BCUT2D eigenvalue weighted by molar-refractivity contribution is -0.144. The molecule has 1 aromatic heterocycles. The summed E-state index contributed by atoms with van der Waals surface area (Å²) in [5, 5.41) is 8.71. The van der Waals surface area contributed by atoms with E-state index in [1.807, 2.05) is 13.0 Å². The quantitative estimate of drug-likeness (QED) is 0.544. The number of carbonyl (C=O) groups excluding carboxylic acids is 1. The monoisotopic (exact) mass is 206 g/mol. The third kappa shape index (κ3) is 3.47. The Morgan fingerprint density at radius 1 is 1.67 bits per heavy atom. The Bertz CT molecular complexity index is 363. The van der Waals surface area contributed by atoms with Crippen molar-refractivity contribution in [2.45, 2.75) is 26.3 Å². The molecule has 0 saturated heterocycles. The van der Waals surface area contributed by atoms with Crippen LogP contribution >= 0.6 is 0 Å². The van der Waals surface area contributed by atoms with Crippen molar-refractivity contribution in [2.24, 2.45) is 0 Å². The van der Waals surface area contributed by atoms with Crippen molar-refractivity contribution in [1.29, 1.82) is 5.26 Å². The van der Waals surface area contributed by atoms with Gasteiger partial charge in [0.15, 0.2) is 0 Å². The van der Waals surface area contributed by atoms with Gasteiger partial charge in [0.1, 0.15) is 18.3 Å². The smallest absolute Gasteiger partial charge is 0.325 e. The molecule has 15 heavy (non-hydrogen) atoms. The minimum Gasteiger partial charge on any atom is -0.464 e. The van der Waals surface area contributed by atoms with E-state index in [1.165, 1.54) is 0 Å². The van der Waals surface area contributed by atoms with Gasteiger partial charge >= 0.3 is 5.97 Å². The van der Waals surface area contributed by atoms with Crippen LogP contribution in [-0.4, -0.2) is 17.1 Å². The van der Waals surface area contributed by atoms with E-state index in [9.17, 15) is 4.79 Å². The van der Waals surface area contributed by atoms with Crippen molar-refractivity contribution in [2.75, 3.05) is 6.61 Å². The summed E-state index contributed by atoms with van der Waals surface area (Å²) < 4.78 is 6.56. The Morgan fingerprint density at radius 2 is 2.47 bits per heavy atom. The highest BCUT2D eigenvalue weighted by Crippen LogP contribution is 2.01. The van der Waals surface area contributed by atoms with E-state index in [4.69, 9.17) is 10.00 Å². The number of hydrogen-bond donors (Lipinski definition) is 0. The number of esters is 1. The highest BCUT2D eigenvalue weighted by molar-refractivity contribution is 5.69. The van der Waals surface area contributed by atoms with Gasteiger partial charge in [0, 0.05) is 6.20 Å². The molecule has 0 atom stereocenters. The summed E-state index contributed by atoms with van der Waals surface area (Å²) in [6.45, 7) is 2.60. The summed E-state index contributed by atoms with van der Waals surface area (Å²) in [7, 11) is 0. The molecule has 1 rings (SSSR count). The van der Waals surface area contributed by atoms with Gasteiger partial charge in [0.05, 0.1) is 6.61 Å². The van der Waals surface area contributed by atoms with E-state index in [0.717, 1.165) is 12.8 Å². The molecule has 0 fully saturated rings. The molecule has 0 saturated carbocycles. The second kappa shape index (κ2) is 5.86. The van der Waals surface area contributed by atoms with Gasteiger partial charge in [-0.25, -0.2) is 0 Å². The highest BCUT2D eigenvalue weighted by atomic mass is 16.5. The van der Waals surface area contributed by atoms with Crippen LogP contribution in [0.25, 0.3) is 0 Å². The zero-order valence-electron chi connectivity index (χ0n) is 8.77. The molecular weight excluding hydrogens is 192 g/mol. The fourth-order valence-corrected chi connectivity index (χ4v) is 1.17. The molecular formula is C11H14N2O2. The van der Waals surface area contributed by atoms with Gasteiger partial charge in [-0.05, 0) is 18.6 Å². The maximum atomic E-state index is 11.3. The summed E-state index contributed by atoms with van der Waals surface area (Å²) in [6.07, 6.45) is 3.57. The molecule has 0 aliphatic carbocycles. The van der Waals surface area contributed by atoms with Crippen molar-refractivity contribution in [3.05, 3.63) is 24.0 Å². The first-order valence-electron chi connectivity index (χ1n) is 4.98. The lowest BCUT2D eigenvalue weighted by Gasteiger charge is -2.05. The van der Waals surface area contributed by atoms with Gasteiger partial charge in [-0.1, -0.05) is 13.3 Å². The van der Waals surface area contributed by atoms with Crippen LogP contribution in [0.2, 0.25) is 0 Å². The van der Waals surface area contributed by atoms with Crippen LogP contribution in [0.15, 0.2) is 18.3 Å². The number of ether oxygens (including phenoxy) is 1. The minimum atomic E-state index is -0.295. The van der Waals surface area contributed by atoms with Crippen molar-refractivity contribution >= 4 is 5.97 Å². The van der Waals surface area contributed by atoms with Gasteiger partial charge in [-0.15, -0.1) is 0 Å². The first kappa shape index (κ1) is 11.3. The maximum Gasteiger partial charge on any atom is 0.325 e. The number of carbonyl (C=O) groups is 1. The molecule has 4 nitrogen and oxygen atoms in total. The Kier molecular flexibility index (Phi) is 4.42. The Balaban J connectivity index is 2.42. The molecule has 0 aromatic carbocycles. The fraction of sp³-hybridized carbons (Fsp3) is 0.455. The third-order valence-corrected chi connectivity index (χ3v) is 2.00. The van der Waals surface area contributed by atoms with Crippen molar-refractivity contribution in [3.63, 3.8) is 0 Å². The lowest BCUT2D eigenvalue weighted by atomic mass is 10.4. The number of hydrogen-bond acceptors (Lipinski definition) is 3. The van der Waals surface area contributed by atoms with Gasteiger partial charge in [-0.3, -0.25) is 4.79 Å². The van der Waals surface area contributed by atoms with Crippen LogP contribution in [0, 0.1) is 11.3 Å². The van der Waals surface area contributed by atoms with Gasteiger partial charge in [0.2, 0.25) is 0 Å². The number of nitriles is 1. The van der Waals surface area contributed by atoms with Crippen molar-refractivity contribution in [1.82, 2.24) is 4.57 Å². The number of unbranched alkanes of at least 4 members (excludes halogenated alkanes) is 1. The third-order valence-electron chi connectivity index (χ3n) is 2.00. The average molecular weight is 206 g/mol. The zero-order chi connectivity index (χ0) is 11.1. The summed E-state index contributed by atoms with van der Waals surface area (Å²) in [6, 6.07) is 5.40. The standard InChI is InChI=1S/C11H14N2O2/c1-2-3-7-15-11(14)9-13-6-4-5-10(13)8-12/h4-6H,2-3,7,9H2,1H3. The molecule has 1 aromatic rings. The molecule has 0 N–H and O–H groups in total. The van der Waals surface area contributed by atoms with Gasteiger partial charge in [-0.2, -0.15) is 5.26 Å². The highest BCUT2D eigenvalue weighted by Gasteiger charge is 2.06. The number of nitrogens with zero attached hydrogens (tertiary/aromatic N) is 2. The second-order valence-corrected chi connectivity index (χ2v) is 3.21. The average Bonchev–Trinajstić information content (AvgIpc) is 2.65. The SMILES string of the molecule is CCCCOC(=O)Cn1cccc1C#N. The van der Waals surface area contributed by atoms with Crippen LogP contribution < -0.4 is 0 Å². The largest absolute Gasteiger partial charge is 0.464 e. The first-order valence-corrected chi connectivity index (χ1v) is 4.98. The van der Waals surface area contributed by atoms with E-state index in [2.05, 4.69) is 0 Å². The first-order chi connectivity index (χ1) is 7.27. The second-order valence-electron chi connectivity index (χ2n) is 3.21. The Labute approximate surface area is 89.1 Å². The van der Waals surface area contributed by atoms with E-state index in [0.29, 0.717) is 12.3 Å². The zero-order valence-corrected chi connectivity index (χ0v) is 8.77. The lowest BCUT2D eigenvalue weighted by Crippen LogP contribution is -2.14. The molecule has 0 aliphatic rings. The van der Waals surface area contributed by atoms with E-state index < -0.39 is 0 Å². The van der Waals surface area contributed by atoms with Gasteiger partial charge in [0.25, 0.3) is 0 Å².